The Kier molecular flexibility index (Phi) is 5.70. The van der Waals surface area contributed by atoms with E-state index in [4.69, 9.17) is 0 Å². The van der Waals surface area contributed by atoms with Crippen molar-refractivity contribution in [3.63, 3.8) is 0 Å². The minimum absolute atomic E-state index is 0.175. The number of benzene rings is 3. The van der Waals surface area contributed by atoms with Crippen LogP contribution in [-0.4, -0.2) is 14.3 Å². The summed E-state index contributed by atoms with van der Waals surface area (Å²) in [7, 11) is -3.73. The van der Waals surface area contributed by atoms with E-state index in [1.54, 1.807) is 25.1 Å². The minimum atomic E-state index is -3.73. The summed E-state index contributed by atoms with van der Waals surface area (Å²) in [5.41, 5.74) is 3.71. The van der Waals surface area contributed by atoms with Gasteiger partial charge in [-0.1, -0.05) is 6.07 Å². The van der Waals surface area contributed by atoms with Crippen LogP contribution in [0.2, 0.25) is 0 Å². The molecule has 2 N–H and O–H groups in total. The van der Waals surface area contributed by atoms with Gasteiger partial charge in [0.2, 0.25) is 0 Å². The van der Waals surface area contributed by atoms with Gasteiger partial charge in [-0.05, 0) is 92.1 Å². The standard InChI is InChI=1S/C22H21FN2O3S/c1-14-4-10-20(13-15(14)2)29(27,28)25-19-8-5-17(6-9-19)22(26)24-21-11-7-18(23)12-16(21)3/h4-13,25H,1-3H3,(H,24,26). The lowest BCUT2D eigenvalue weighted by molar-refractivity contribution is 0.102. The molecule has 29 heavy (non-hydrogen) atoms. The summed E-state index contributed by atoms with van der Waals surface area (Å²) in [5, 5.41) is 2.71. The first-order valence-electron chi connectivity index (χ1n) is 8.93. The largest absolute Gasteiger partial charge is 0.322 e. The molecule has 0 heterocycles. The average molecular weight is 412 g/mol. The lowest BCUT2D eigenvalue weighted by Crippen LogP contribution is -2.15. The molecule has 3 rings (SSSR count). The zero-order valence-electron chi connectivity index (χ0n) is 16.3. The van der Waals surface area contributed by atoms with Crippen LogP contribution in [0.15, 0.2) is 65.6 Å². The lowest BCUT2D eigenvalue weighted by atomic mass is 10.1. The van der Waals surface area contributed by atoms with Crippen LogP contribution in [0.5, 0.6) is 0 Å². The van der Waals surface area contributed by atoms with E-state index in [9.17, 15) is 17.6 Å². The van der Waals surface area contributed by atoms with E-state index in [-0.39, 0.29) is 16.6 Å². The minimum Gasteiger partial charge on any atom is -0.322 e. The maximum absolute atomic E-state index is 13.2. The number of rotatable bonds is 5. The van der Waals surface area contributed by atoms with Crippen molar-refractivity contribution in [2.45, 2.75) is 25.7 Å². The van der Waals surface area contributed by atoms with Crippen molar-refractivity contribution in [3.8, 4) is 0 Å². The zero-order valence-corrected chi connectivity index (χ0v) is 17.1. The summed E-state index contributed by atoms with van der Waals surface area (Å²) in [6, 6.07) is 15.1. The quantitative estimate of drug-likeness (QED) is 0.632. The summed E-state index contributed by atoms with van der Waals surface area (Å²) in [4.78, 5) is 12.6. The molecule has 0 aliphatic heterocycles. The topological polar surface area (TPSA) is 75.3 Å². The lowest BCUT2D eigenvalue weighted by Gasteiger charge is -2.11. The molecule has 0 fully saturated rings. The fourth-order valence-corrected chi connectivity index (χ4v) is 3.89. The Labute approximate surface area is 169 Å². The van der Waals surface area contributed by atoms with Crippen LogP contribution in [0.3, 0.4) is 0 Å². The molecule has 0 saturated heterocycles. The van der Waals surface area contributed by atoms with Crippen LogP contribution in [0, 0.1) is 26.6 Å². The van der Waals surface area contributed by atoms with Crippen LogP contribution in [0.1, 0.15) is 27.0 Å². The number of anilines is 2. The number of halogens is 1. The number of hydrogen-bond donors (Lipinski definition) is 2. The Morgan fingerprint density at radius 1 is 0.828 bits per heavy atom. The van der Waals surface area contributed by atoms with Gasteiger partial charge in [-0.15, -0.1) is 0 Å². The third-order valence-corrected chi connectivity index (χ3v) is 6.00. The molecule has 0 atom stereocenters. The maximum Gasteiger partial charge on any atom is 0.261 e. The number of amides is 1. The van der Waals surface area contributed by atoms with E-state index in [0.29, 0.717) is 22.5 Å². The number of carbonyl (C=O) groups excluding carboxylic acids is 1. The first-order valence-corrected chi connectivity index (χ1v) is 10.4. The summed E-state index contributed by atoms with van der Waals surface area (Å²) < 4.78 is 40.8. The van der Waals surface area contributed by atoms with E-state index in [0.717, 1.165) is 11.1 Å². The summed E-state index contributed by atoms with van der Waals surface area (Å²) in [5.74, 6) is -0.746. The van der Waals surface area contributed by atoms with Crippen LogP contribution in [-0.2, 0) is 10.0 Å². The fraction of sp³-hybridized carbons (Fsp3) is 0.136. The molecular weight excluding hydrogens is 391 g/mol. The van der Waals surface area contributed by atoms with Gasteiger partial charge < -0.3 is 5.32 Å². The zero-order chi connectivity index (χ0) is 21.2. The normalized spacial score (nSPS) is 11.2. The molecule has 0 aromatic heterocycles. The van der Waals surface area contributed by atoms with E-state index >= 15 is 0 Å². The number of sulfonamides is 1. The van der Waals surface area contributed by atoms with Crippen molar-refractivity contribution in [3.05, 3.63) is 88.7 Å². The van der Waals surface area contributed by atoms with E-state index < -0.39 is 10.0 Å². The van der Waals surface area contributed by atoms with Crippen LogP contribution in [0.25, 0.3) is 0 Å². The molecule has 0 bridgehead atoms. The van der Waals surface area contributed by atoms with Gasteiger partial charge in [0.15, 0.2) is 0 Å². The number of nitrogens with one attached hydrogen (secondary N) is 2. The average Bonchev–Trinajstić information content (AvgIpc) is 2.66. The molecule has 0 saturated carbocycles. The number of aryl methyl sites for hydroxylation is 3. The highest BCUT2D eigenvalue weighted by Gasteiger charge is 2.15. The van der Waals surface area contributed by atoms with Crippen molar-refractivity contribution < 1.29 is 17.6 Å². The summed E-state index contributed by atoms with van der Waals surface area (Å²) in [6.45, 7) is 5.46. The predicted octanol–water partition coefficient (Wildman–Crippen LogP) is 4.80. The molecule has 7 heteroatoms. The van der Waals surface area contributed by atoms with Gasteiger partial charge in [-0.2, -0.15) is 0 Å². The van der Waals surface area contributed by atoms with Gasteiger partial charge in [-0.25, -0.2) is 12.8 Å². The first-order chi connectivity index (χ1) is 13.7. The summed E-state index contributed by atoms with van der Waals surface area (Å²) in [6.07, 6.45) is 0. The Morgan fingerprint density at radius 3 is 2.14 bits per heavy atom. The highest BCUT2D eigenvalue weighted by molar-refractivity contribution is 7.92. The predicted molar refractivity (Wildman–Crippen MR) is 112 cm³/mol. The third kappa shape index (κ3) is 4.81. The second kappa shape index (κ2) is 8.05. The Morgan fingerprint density at radius 2 is 1.52 bits per heavy atom. The van der Waals surface area contributed by atoms with Crippen molar-refractivity contribution in [2.75, 3.05) is 10.0 Å². The van der Waals surface area contributed by atoms with E-state index in [1.165, 1.54) is 42.5 Å². The van der Waals surface area contributed by atoms with E-state index in [2.05, 4.69) is 10.0 Å². The van der Waals surface area contributed by atoms with Crippen LogP contribution < -0.4 is 10.0 Å². The molecule has 0 aliphatic rings. The van der Waals surface area contributed by atoms with Gasteiger partial charge in [-0.3, -0.25) is 9.52 Å². The molecule has 0 spiro atoms. The molecule has 0 radical (unpaired) electrons. The van der Waals surface area contributed by atoms with Crippen molar-refractivity contribution in [1.29, 1.82) is 0 Å². The maximum atomic E-state index is 13.2. The van der Waals surface area contributed by atoms with Crippen molar-refractivity contribution >= 4 is 27.3 Å². The highest BCUT2D eigenvalue weighted by Crippen LogP contribution is 2.20. The molecule has 150 valence electrons. The second-order valence-electron chi connectivity index (χ2n) is 6.84. The van der Waals surface area contributed by atoms with Gasteiger partial charge in [0, 0.05) is 16.9 Å². The first kappa shape index (κ1) is 20.5. The molecule has 1 amide bonds. The highest BCUT2D eigenvalue weighted by atomic mass is 32.2. The molecule has 0 unspecified atom stereocenters. The van der Waals surface area contributed by atoms with Crippen molar-refractivity contribution in [2.24, 2.45) is 0 Å². The Balaban J connectivity index is 1.74. The van der Waals surface area contributed by atoms with E-state index in [1.807, 2.05) is 13.8 Å². The molecular formula is C22H21FN2O3S. The van der Waals surface area contributed by atoms with Crippen LogP contribution >= 0.6 is 0 Å². The van der Waals surface area contributed by atoms with Crippen LogP contribution in [0.4, 0.5) is 15.8 Å². The number of hydrogen-bond acceptors (Lipinski definition) is 3. The van der Waals surface area contributed by atoms with Crippen molar-refractivity contribution in [1.82, 2.24) is 0 Å². The van der Waals surface area contributed by atoms with Gasteiger partial charge in [0.1, 0.15) is 5.82 Å². The monoisotopic (exact) mass is 412 g/mol. The summed E-state index contributed by atoms with van der Waals surface area (Å²) >= 11 is 0. The van der Waals surface area contributed by atoms with Gasteiger partial charge in [0.25, 0.3) is 15.9 Å². The Hall–Kier alpha value is -3.19. The Bertz CT molecular complexity index is 1170. The molecule has 3 aromatic carbocycles. The molecule has 0 aliphatic carbocycles. The fourth-order valence-electron chi connectivity index (χ4n) is 2.75. The number of carbonyl (C=O) groups is 1. The second-order valence-corrected chi connectivity index (χ2v) is 8.52. The SMILES string of the molecule is Cc1ccc(S(=O)(=O)Nc2ccc(C(=O)Nc3ccc(F)cc3C)cc2)cc1C. The smallest absolute Gasteiger partial charge is 0.261 e. The molecule has 3 aromatic rings. The third-order valence-electron chi connectivity index (χ3n) is 4.62. The van der Waals surface area contributed by atoms with Gasteiger partial charge >= 0.3 is 0 Å². The van der Waals surface area contributed by atoms with Gasteiger partial charge in [0.05, 0.1) is 4.90 Å². The molecule has 5 nitrogen and oxygen atoms in total.